The van der Waals surface area contributed by atoms with Crippen molar-refractivity contribution in [2.24, 2.45) is 0 Å². The van der Waals surface area contributed by atoms with Gasteiger partial charge in [0.25, 0.3) is 0 Å². The van der Waals surface area contributed by atoms with Gasteiger partial charge in [-0.1, -0.05) is 37.1 Å². The number of anilines is 1. The number of amides is 1. The third-order valence-corrected chi connectivity index (χ3v) is 5.67. The molecule has 2 aromatic carbocycles. The molecule has 1 heterocycles. The number of benzene rings is 2. The fourth-order valence-corrected chi connectivity index (χ4v) is 3.86. The molecule has 0 aromatic heterocycles. The van der Waals surface area contributed by atoms with Gasteiger partial charge in [0.1, 0.15) is 5.75 Å². The molecule has 4 nitrogen and oxygen atoms in total. The highest BCUT2D eigenvalue weighted by atomic mass is 16.5. The van der Waals surface area contributed by atoms with E-state index in [1.54, 1.807) is 7.11 Å². The number of nitrogens with one attached hydrogen (secondary N) is 1. The molecule has 0 radical (unpaired) electrons. The van der Waals surface area contributed by atoms with Crippen molar-refractivity contribution in [2.45, 2.75) is 51.4 Å². The molecule has 156 valence electrons. The summed E-state index contributed by atoms with van der Waals surface area (Å²) in [5.41, 5.74) is 3.85. The summed E-state index contributed by atoms with van der Waals surface area (Å²) in [5.74, 6) is 0.968. The second-order valence-electron chi connectivity index (χ2n) is 7.87. The molecule has 4 heteroatoms. The number of nitrogens with zero attached hydrogens (tertiary/aromatic N) is 1. The Balaban J connectivity index is 1.32. The highest BCUT2D eigenvalue weighted by Crippen LogP contribution is 2.20. The third-order valence-electron chi connectivity index (χ3n) is 5.67. The van der Waals surface area contributed by atoms with E-state index in [0.29, 0.717) is 6.42 Å². The van der Waals surface area contributed by atoms with Crippen molar-refractivity contribution < 1.29 is 9.53 Å². The first-order chi connectivity index (χ1) is 14.2. The van der Waals surface area contributed by atoms with Crippen molar-refractivity contribution >= 4 is 11.6 Å². The molecule has 1 aliphatic heterocycles. The summed E-state index contributed by atoms with van der Waals surface area (Å²) in [7, 11) is 1.66. The molecule has 1 N–H and O–H groups in total. The van der Waals surface area contributed by atoms with E-state index in [1.807, 2.05) is 24.3 Å². The lowest BCUT2D eigenvalue weighted by Crippen LogP contribution is -2.25. The molecule has 0 unspecified atom stereocenters. The van der Waals surface area contributed by atoms with Crippen LogP contribution >= 0.6 is 0 Å². The minimum Gasteiger partial charge on any atom is -0.497 e. The van der Waals surface area contributed by atoms with Crippen molar-refractivity contribution in [1.29, 1.82) is 0 Å². The second kappa shape index (κ2) is 11.5. The van der Waals surface area contributed by atoms with Crippen LogP contribution in [0.25, 0.3) is 0 Å². The Morgan fingerprint density at radius 3 is 2.17 bits per heavy atom. The van der Waals surface area contributed by atoms with Crippen molar-refractivity contribution in [3.8, 4) is 5.75 Å². The number of carbonyl (C=O) groups excluding carboxylic acids is 1. The van der Waals surface area contributed by atoms with E-state index in [-0.39, 0.29) is 5.91 Å². The maximum Gasteiger partial charge on any atom is 0.220 e. The minimum atomic E-state index is 0.123. The first kappa shape index (κ1) is 21.2. The van der Waals surface area contributed by atoms with Crippen molar-refractivity contribution in [2.75, 3.05) is 31.6 Å². The van der Waals surface area contributed by atoms with E-state index in [9.17, 15) is 4.79 Å². The predicted octanol–water partition coefficient (Wildman–Crippen LogP) is 4.76. The summed E-state index contributed by atoms with van der Waals surface area (Å²) < 4.78 is 5.16. The zero-order valence-electron chi connectivity index (χ0n) is 17.7. The van der Waals surface area contributed by atoms with Gasteiger partial charge >= 0.3 is 0 Å². The van der Waals surface area contributed by atoms with Crippen LogP contribution in [0.5, 0.6) is 5.75 Å². The molecule has 2 aromatic rings. The van der Waals surface area contributed by atoms with Crippen LogP contribution in [0.4, 0.5) is 5.69 Å². The van der Waals surface area contributed by atoms with E-state index >= 15 is 0 Å². The largest absolute Gasteiger partial charge is 0.497 e. The molecular formula is C25H34N2O2. The van der Waals surface area contributed by atoms with Gasteiger partial charge < -0.3 is 15.0 Å². The van der Waals surface area contributed by atoms with E-state index in [4.69, 9.17) is 4.74 Å². The van der Waals surface area contributed by atoms with Gasteiger partial charge in [0.05, 0.1) is 7.11 Å². The fourth-order valence-electron chi connectivity index (χ4n) is 3.86. The van der Waals surface area contributed by atoms with Crippen LogP contribution in [0.2, 0.25) is 0 Å². The maximum absolute atomic E-state index is 12.1. The van der Waals surface area contributed by atoms with E-state index in [2.05, 4.69) is 34.5 Å². The van der Waals surface area contributed by atoms with E-state index < -0.39 is 0 Å². The summed E-state index contributed by atoms with van der Waals surface area (Å²) in [6.07, 6.45) is 8.58. The van der Waals surface area contributed by atoms with Gasteiger partial charge in [0.15, 0.2) is 0 Å². The molecule has 0 bridgehead atoms. The van der Waals surface area contributed by atoms with Gasteiger partial charge in [0, 0.05) is 31.7 Å². The van der Waals surface area contributed by atoms with Crippen LogP contribution in [0.15, 0.2) is 48.5 Å². The van der Waals surface area contributed by atoms with E-state index in [1.165, 1.54) is 50.0 Å². The van der Waals surface area contributed by atoms with Crippen LogP contribution in [-0.4, -0.2) is 32.7 Å². The number of aryl methyl sites for hydroxylation is 2. The van der Waals surface area contributed by atoms with Crippen molar-refractivity contribution in [3.05, 3.63) is 59.7 Å². The number of ether oxygens (including phenoxy) is 1. The Morgan fingerprint density at radius 1 is 0.897 bits per heavy atom. The first-order valence-corrected chi connectivity index (χ1v) is 11.0. The molecule has 1 fully saturated rings. The Morgan fingerprint density at radius 2 is 1.52 bits per heavy atom. The lowest BCUT2D eigenvalue weighted by molar-refractivity contribution is -0.121. The van der Waals surface area contributed by atoms with Crippen LogP contribution < -0.4 is 15.0 Å². The SMILES string of the molecule is COc1ccc(CCC(=O)NCCCc2ccc(N3CCCCCC3)cc2)cc1. The highest BCUT2D eigenvalue weighted by molar-refractivity contribution is 5.76. The second-order valence-corrected chi connectivity index (χ2v) is 7.87. The molecule has 0 saturated carbocycles. The van der Waals surface area contributed by atoms with Gasteiger partial charge in [-0.15, -0.1) is 0 Å². The molecule has 29 heavy (non-hydrogen) atoms. The van der Waals surface area contributed by atoms with Crippen LogP contribution in [0, 0.1) is 0 Å². The molecule has 1 amide bonds. The van der Waals surface area contributed by atoms with Crippen LogP contribution in [0.1, 0.15) is 49.7 Å². The number of methoxy groups -OCH3 is 1. The zero-order valence-corrected chi connectivity index (χ0v) is 17.7. The van der Waals surface area contributed by atoms with E-state index in [0.717, 1.165) is 37.1 Å². The maximum atomic E-state index is 12.1. The molecule has 0 atom stereocenters. The zero-order chi connectivity index (χ0) is 20.3. The lowest BCUT2D eigenvalue weighted by Gasteiger charge is -2.22. The van der Waals surface area contributed by atoms with Gasteiger partial charge in [-0.2, -0.15) is 0 Å². The number of hydrogen-bond acceptors (Lipinski definition) is 3. The summed E-state index contributed by atoms with van der Waals surface area (Å²) in [6.45, 7) is 3.10. The summed E-state index contributed by atoms with van der Waals surface area (Å²) in [5, 5.41) is 3.04. The monoisotopic (exact) mass is 394 g/mol. The van der Waals surface area contributed by atoms with Crippen molar-refractivity contribution in [1.82, 2.24) is 5.32 Å². The van der Waals surface area contributed by atoms with Gasteiger partial charge in [-0.05, 0) is 67.5 Å². The van der Waals surface area contributed by atoms with Gasteiger partial charge in [0.2, 0.25) is 5.91 Å². The summed E-state index contributed by atoms with van der Waals surface area (Å²) in [6, 6.07) is 16.9. The molecule has 1 aliphatic rings. The molecule has 3 rings (SSSR count). The van der Waals surface area contributed by atoms with Crippen LogP contribution in [-0.2, 0) is 17.6 Å². The summed E-state index contributed by atoms with van der Waals surface area (Å²) in [4.78, 5) is 14.6. The molecule has 0 spiro atoms. The smallest absolute Gasteiger partial charge is 0.220 e. The Kier molecular flexibility index (Phi) is 8.41. The Hall–Kier alpha value is -2.49. The Bertz CT molecular complexity index is 732. The molecule has 1 saturated heterocycles. The number of rotatable bonds is 9. The normalized spacial score (nSPS) is 14.3. The standard InChI is InChI=1S/C25H34N2O2/c1-29-24-15-10-22(11-16-24)12-17-25(28)26-18-6-7-21-8-13-23(14-9-21)27-19-4-2-3-5-20-27/h8-11,13-16H,2-7,12,17-20H2,1H3,(H,26,28). The predicted molar refractivity (Wildman–Crippen MR) is 120 cm³/mol. The first-order valence-electron chi connectivity index (χ1n) is 11.0. The van der Waals surface area contributed by atoms with Gasteiger partial charge in [-0.25, -0.2) is 0 Å². The Labute approximate surface area is 175 Å². The van der Waals surface area contributed by atoms with Crippen LogP contribution in [0.3, 0.4) is 0 Å². The lowest BCUT2D eigenvalue weighted by atomic mass is 10.1. The number of hydrogen-bond donors (Lipinski definition) is 1. The van der Waals surface area contributed by atoms with Crippen molar-refractivity contribution in [3.63, 3.8) is 0 Å². The molecule has 0 aliphatic carbocycles. The fraction of sp³-hybridized carbons (Fsp3) is 0.480. The quantitative estimate of drug-likeness (QED) is 0.624. The average Bonchev–Trinajstić information content (AvgIpc) is 3.06. The topological polar surface area (TPSA) is 41.6 Å². The number of carbonyl (C=O) groups is 1. The highest BCUT2D eigenvalue weighted by Gasteiger charge is 2.09. The minimum absolute atomic E-state index is 0.123. The third kappa shape index (κ3) is 7.12. The summed E-state index contributed by atoms with van der Waals surface area (Å²) >= 11 is 0. The average molecular weight is 395 g/mol. The van der Waals surface area contributed by atoms with Gasteiger partial charge in [-0.3, -0.25) is 4.79 Å². The molecular weight excluding hydrogens is 360 g/mol.